The number of amides is 1. The van der Waals surface area contributed by atoms with E-state index in [1.165, 1.54) is 0 Å². The molecule has 1 aromatic rings. The maximum Gasteiger partial charge on any atom is 0.323 e. The standard InChI is InChI=1S/C13H19N3O3/c1-16(10-3-2-8-15-10)11(17)9-4-6-13(14,7-5-9)12(18)19/h2-3,8-9,15H,4-7,14H2,1H3,(H,18,19). The molecule has 0 aromatic carbocycles. The number of aromatic amines is 1. The van der Waals surface area contributed by atoms with Crippen LogP contribution in [0, 0.1) is 5.92 Å². The fourth-order valence-electron chi connectivity index (χ4n) is 2.52. The monoisotopic (exact) mass is 265 g/mol. The van der Waals surface area contributed by atoms with Crippen LogP contribution in [-0.4, -0.2) is 34.6 Å². The molecule has 0 radical (unpaired) electrons. The molecule has 0 aliphatic heterocycles. The lowest BCUT2D eigenvalue weighted by Gasteiger charge is -2.34. The summed E-state index contributed by atoms with van der Waals surface area (Å²) in [6.45, 7) is 0. The Bertz CT molecular complexity index is 461. The first-order chi connectivity index (χ1) is 8.94. The smallest absolute Gasteiger partial charge is 0.323 e. The van der Waals surface area contributed by atoms with E-state index >= 15 is 0 Å². The fraction of sp³-hybridized carbons (Fsp3) is 0.538. The van der Waals surface area contributed by atoms with Gasteiger partial charge in [0.2, 0.25) is 5.91 Å². The summed E-state index contributed by atoms with van der Waals surface area (Å²) in [6, 6.07) is 3.65. The van der Waals surface area contributed by atoms with Crippen molar-refractivity contribution in [3.8, 4) is 0 Å². The normalized spacial score (nSPS) is 26.9. The first-order valence-electron chi connectivity index (χ1n) is 6.37. The SMILES string of the molecule is CN(C(=O)C1CCC(N)(C(=O)O)CC1)c1ccc[nH]1. The molecule has 0 atom stereocenters. The summed E-state index contributed by atoms with van der Waals surface area (Å²) in [5.41, 5.74) is 4.64. The first kappa shape index (κ1) is 13.6. The quantitative estimate of drug-likeness (QED) is 0.757. The van der Waals surface area contributed by atoms with Gasteiger partial charge in [0, 0.05) is 19.2 Å². The number of hydrogen-bond donors (Lipinski definition) is 3. The maximum absolute atomic E-state index is 12.3. The van der Waals surface area contributed by atoms with Crippen LogP contribution in [0.25, 0.3) is 0 Å². The molecule has 6 heteroatoms. The van der Waals surface area contributed by atoms with Gasteiger partial charge in [-0.1, -0.05) is 0 Å². The molecule has 1 saturated carbocycles. The van der Waals surface area contributed by atoms with Crippen LogP contribution in [0.2, 0.25) is 0 Å². The van der Waals surface area contributed by atoms with E-state index in [2.05, 4.69) is 4.98 Å². The van der Waals surface area contributed by atoms with Gasteiger partial charge < -0.3 is 20.7 Å². The molecule has 2 rings (SSSR count). The predicted molar refractivity (Wildman–Crippen MR) is 70.7 cm³/mol. The Labute approximate surface area is 111 Å². The van der Waals surface area contributed by atoms with Crippen molar-refractivity contribution in [3.63, 3.8) is 0 Å². The van der Waals surface area contributed by atoms with Gasteiger partial charge in [0.25, 0.3) is 0 Å². The van der Waals surface area contributed by atoms with Gasteiger partial charge in [0.1, 0.15) is 11.4 Å². The maximum atomic E-state index is 12.3. The third kappa shape index (κ3) is 2.63. The molecule has 1 heterocycles. The number of rotatable bonds is 3. The van der Waals surface area contributed by atoms with Crippen LogP contribution in [0.5, 0.6) is 0 Å². The Balaban J connectivity index is 1.98. The van der Waals surface area contributed by atoms with E-state index in [-0.39, 0.29) is 11.8 Å². The zero-order valence-corrected chi connectivity index (χ0v) is 10.9. The Kier molecular flexibility index (Phi) is 3.61. The van der Waals surface area contributed by atoms with Gasteiger partial charge in [-0.05, 0) is 37.8 Å². The van der Waals surface area contributed by atoms with Crippen molar-refractivity contribution >= 4 is 17.7 Å². The van der Waals surface area contributed by atoms with E-state index in [4.69, 9.17) is 10.8 Å². The Hall–Kier alpha value is -1.82. The number of carboxylic acid groups (broad SMARTS) is 1. The largest absolute Gasteiger partial charge is 0.480 e. The molecule has 1 aliphatic rings. The lowest BCUT2D eigenvalue weighted by atomic mass is 9.76. The minimum absolute atomic E-state index is 0.00916. The molecule has 104 valence electrons. The van der Waals surface area contributed by atoms with Crippen LogP contribution >= 0.6 is 0 Å². The number of carboxylic acids is 1. The number of nitrogens with two attached hydrogens (primary N) is 1. The summed E-state index contributed by atoms with van der Waals surface area (Å²) in [5.74, 6) is -0.372. The highest BCUT2D eigenvalue weighted by molar-refractivity contribution is 5.94. The fourth-order valence-corrected chi connectivity index (χ4v) is 2.52. The minimum atomic E-state index is -1.16. The zero-order valence-electron chi connectivity index (χ0n) is 10.9. The van der Waals surface area contributed by atoms with Gasteiger partial charge in [-0.3, -0.25) is 9.59 Å². The van der Waals surface area contributed by atoms with Crippen molar-refractivity contribution < 1.29 is 14.7 Å². The average Bonchev–Trinajstić information content (AvgIpc) is 2.91. The number of H-pyrrole nitrogens is 1. The summed E-state index contributed by atoms with van der Waals surface area (Å²) >= 11 is 0. The number of carbonyl (C=O) groups excluding carboxylic acids is 1. The number of aliphatic carboxylic acids is 1. The van der Waals surface area contributed by atoms with Crippen LogP contribution in [0.3, 0.4) is 0 Å². The van der Waals surface area contributed by atoms with Crippen LogP contribution < -0.4 is 10.6 Å². The van der Waals surface area contributed by atoms with Crippen LogP contribution in [-0.2, 0) is 9.59 Å². The predicted octanol–water partition coefficient (Wildman–Crippen LogP) is 0.950. The van der Waals surface area contributed by atoms with E-state index in [0.29, 0.717) is 25.7 Å². The third-order valence-corrected chi connectivity index (χ3v) is 3.93. The topological polar surface area (TPSA) is 99.4 Å². The molecule has 0 bridgehead atoms. The van der Waals surface area contributed by atoms with Crippen molar-refractivity contribution in [1.82, 2.24) is 4.98 Å². The Morgan fingerprint density at radius 2 is 2.11 bits per heavy atom. The number of hydrogen-bond acceptors (Lipinski definition) is 3. The van der Waals surface area contributed by atoms with Crippen LogP contribution in [0.4, 0.5) is 5.82 Å². The highest BCUT2D eigenvalue weighted by atomic mass is 16.4. The molecule has 1 fully saturated rings. The summed E-state index contributed by atoms with van der Waals surface area (Å²) in [6.07, 6.45) is 3.49. The number of nitrogens with one attached hydrogen (secondary N) is 1. The highest BCUT2D eigenvalue weighted by Crippen LogP contribution is 2.32. The van der Waals surface area contributed by atoms with Gasteiger partial charge >= 0.3 is 5.97 Å². The first-order valence-corrected chi connectivity index (χ1v) is 6.37. The van der Waals surface area contributed by atoms with Crippen molar-refractivity contribution in [2.45, 2.75) is 31.2 Å². The molecule has 0 unspecified atom stereocenters. The van der Waals surface area contributed by atoms with Crippen molar-refractivity contribution in [2.24, 2.45) is 11.7 Å². The van der Waals surface area contributed by atoms with Crippen molar-refractivity contribution in [2.75, 3.05) is 11.9 Å². The molecular weight excluding hydrogens is 246 g/mol. The molecule has 6 nitrogen and oxygen atoms in total. The van der Waals surface area contributed by atoms with E-state index in [9.17, 15) is 9.59 Å². The third-order valence-electron chi connectivity index (χ3n) is 3.93. The van der Waals surface area contributed by atoms with E-state index in [1.807, 2.05) is 12.1 Å². The summed E-state index contributed by atoms with van der Waals surface area (Å²) in [5, 5.41) is 9.06. The molecule has 1 aliphatic carbocycles. The van der Waals surface area contributed by atoms with E-state index in [0.717, 1.165) is 5.82 Å². The molecule has 1 aromatic heterocycles. The number of nitrogens with zero attached hydrogens (tertiary/aromatic N) is 1. The summed E-state index contributed by atoms with van der Waals surface area (Å²) < 4.78 is 0. The van der Waals surface area contributed by atoms with Gasteiger partial charge in [-0.15, -0.1) is 0 Å². The second-order valence-electron chi connectivity index (χ2n) is 5.19. The highest BCUT2D eigenvalue weighted by Gasteiger charge is 2.40. The number of carbonyl (C=O) groups is 2. The Morgan fingerprint density at radius 1 is 1.47 bits per heavy atom. The molecule has 0 saturated heterocycles. The van der Waals surface area contributed by atoms with Crippen LogP contribution in [0.1, 0.15) is 25.7 Å². The zero-order chi connectivity index (χ0) is 14.0. The van der Waals surface area contributed by atoms with Crippen molar-refractivity contribution in [3.05, 3.63) is 18.3 Å². The molecule has 19 heavy (non-hydrogen) atoms. The molecular formula is C13H19N3O3. The van der Waals surface area contributed by atoms with Gasteiger partial charge in [0.15, 0.2) is 0 Å². The second-order valence-corrected chi connectivity index (χ2v) is 5.19. The average molecular weight is 265 g/mol. The van der Waals surface area contributed by atoms with Crippen molar-refractivity contribution in [1.29, 1.82) is 0 Å². The van der Waals surface area contributed by atoms with E-state index in [1.54, 1.807) is 18.1 Å². The second kappa shape index (κ2) is 5.05. The van der Waals surface area contributed by atoms with Crippen LogP contribution in [0.15, 0.2) is 18.3 Å². The summed E-state index contributed by atoms with van der Waals surface area (Å²) in [4.78, 5) is 27.9. The molecule has 4 N–H and O–H groups in total. The minimum Gasteiger partial charge on any atom is -0.480 e. The molecule has 0 spiro atoms. The van der Waals surface area contributed by atoms with Gasteiger partial charge in [0.05, 0.1) is 0 Å². The van der Waals surface area contributed by atoms with E-state index < -0.39 is 11.5 Å². The number of anilines is 1. The lowest BCUT2D eigenvalue weighted by Crippen LogP contribution is -2.51. The Morgan fingerprint density at radius 3 is 2.58 bits per heavy atom. The number of aromatic nitrogens is 1. The lowest BCUT2D eigenvalue weighted by molar-refractivity contribution is -0.145. The summed E-state index contributed by atoms with van der Waals surface area (Å²) in [7, 11) is 1.72. The van der Waals surface area contributed by atoms with Gasteiger partial charge in [-0.25, -0.2) is 0 Å². The molecule has 1 amide bonds. The van der Waals surface area contributed by atoms with Gasteiger partial charge in [-0.2, -0.15) is 0 Å².